The van der Waals surface area contributed by atoms with E-state index in [0.717, 1.165) is 49.8 Å². The van der Waals surface area contributed by atoms with Crippen LogP contribution in [0.25, 0.3) is 4.96 Å². The van der Waals surface area contributed by atoms with Crippen LogP contribution in [0.4, 0.5) is 5.13 Å². The molecule has 0 saturated carbocycles. The van der Waals surface area contributed by atoms with Crippen molar-refractivity contribution >= 4 is 32.8 Å². The molecule has 4 heterocycles. The Kier molecular flexibility index (Phi) is 4.82. The molecule has 0 bridgehead atoms. The summed E-state index contributed by atoms with van der Waals surface area (Å²) in [5.74, 6) is 0. The molecule has 0 aliphatic carbocycles. The van der Waals surface area contributed by atoms with E-state index in [2.05, 4.69) is 32.5 Å². The molecule has 1 atom stereocenters. The van der Waals surface area contributed by atoms with Crippen molar-refractivity contribution in [2.24, 2.45) is 0 Å². The number of aromatic nitrogens is 3. The number of nitrogens with zero attached hydrogens (tertiary/aromatic N) is 4. The molecule has 132 valence electrons. The monoisotopic (exact) mass is 376 g/mol. The number of fused-ring (bicyclic) bond motifs is 1. The SMILES string of the molecule is CCc1cc(=O)n2nc(N(Cc3cccs3)CC3CCCO3)sc2n1. The first-order valence-electron chi connectivity index (χ1n) is 8.51. The summed E-state index contributed by atoms with van der Waals surface area (Å²) in [6.07, 6.45) is 3.15. The summed E-state index contributed by atoms with van der Waals surface area (Å²) in [5.41, 5.74) is 0.696. The van der Waals surface area contributed by atoms with E-state index in [1.54, 1.807) is 17.4 Å². The fourth-order valence-corrected chi connectivity index (χ4v) is 4.64. The Morgan fingerprint density at radius 2 is 2.40 bits per heavy atom. The maximum absolute atomic E-state index is 12.3. The Labute approximate surface area is 153 Å². The lowest BCUT2D eigenvalue weighted by atomic mass is 10.2. The van der Waals surface area contributed by atoms with Crippen LogP contribution in [0, 0.1) is 0 Å². The minimum Gasteiger partial charge on any atom is -0.376 e. The van der Waals surface area contributed by atoms with Gasteiger partial charge >= 0.3 is 0 Å². The smallest absolute Gasteiger partial charge is 0.275 e. The van der Waals surface area contributed by atoms with Crippen molar-refractivity contribution in [2.45, 2.75) is 38.8 Å². The Hall–Kier alpha value is -1.77. The molecule has 0 amide bonds. The average molecular weight is 377 g/mol. The third-order valence-corrected chi connectivity index (χ3v) is 6.13. The summed E-state index contributed by atoms with van der Waals surface area (Å²) in [6, 6.07) is 5.75. The molecule has 0 radical (unpaired) electrons. The molecule has 0 aromatic carbocycles. The van der Waals surface area contributed by atoms with Gasteiger partial charge in [0.25, 0.3) is 5.56 Å². The molecule has 1 fully saturated rings. The van der Waals surface area contributed by atoms with Crippen LogP contribution in [-0.2, 0) is 17.7 Å². The standard InChI is InChI=1S/C17H20N4O2S2/c1-2-12-9-15(22)21-16(18-12)25-17(19-21)20(10-13-5-3-7-23-13)11-14-6-4-8-24-14/h4,6,8-9,13H,2-3,5,7,10-11H2,1H3. The fraction of sp³-hybridized carbons (Fsp3) is 0.471. The van der Waals surface area contributed by atoms with Gasteiger partial charge in [-0.3, -0.25) is 4.79 Å². The highest BCUT2D eigenvalue weighted by molar-refractivity contribution is 7.20. The molecule has 1 aliphatic heterocycles. The van der Waals surface area contributed by atoms with E-state index in [4.69, 9.17) is 4.74 Å². The first kappa shape index (κ1) is 16.7. The van der Waals surface area contributed by atoms with Crippen LogP contribution in [0.15, 0.2) is 28.4 Å². The lowest BCUT2D eigenvalue weighted by Gasteiger charge is -2.23. The highest BCUT2D eigenvalue weighted by Gasteiger charge is 2.23. The molecule has 0 N–H and O–H groups in total. The van der Waals surface area contributed by atoms with Crippen molar-refractivity contribution in [3.8, 4) is 0 Å². The van der Waals surface area contributed by atoms with E-state index < -0.39 is 0 Å². The molecular formula is C17H20N4O2S2. The second-order valence-corrected chi connectivity index (χ2v) is 8.08. The fourth-order valence-electron chi connectivity index (χ4n) is 2.99. The zero-order chi connectivity index (χ0) is 17.2. The number of thiophene rings is 1. The largest absolute Gasteiger partial charge is 0.376 e. The van der Waals surface area contributed by atoms with Crippen LogP contribution in [-0.4, -0.2) is 33.9 Å². The van der Waals surface area contributed by atoms with Gasteiger partial charge in [-0.25, -0.2) is 4.98 Å². The molecule has 8 heteroatoms. The van der Waals surface area contributed by atoms with Gasteiger partial charge in [0.15, 0.2) is 0 Å². The molecule has 6 nitrogen and oxygen atoms in total. The zero-order valence-electron chi connectivity index (χ0n) is 14.1. The first-order valence-corrected chi connectivity index (χ1v) is 10.2. The summed E-state index contributed by atoms with van der Waals surface area (Å²) in [5, 5.41) is 7.45. The van der Waals surface area contributed by atoms with Gasteiger partial charge in [-0.15, -0.1) is 16.4 Å². The normalized spacial score (nSPS) is 17.4. The molecule has 1 saturated heterocycles. The van der Waals surface area contributed by atoms with Crippen LogP contribution in [0.2, 0.25) is 0 Å². The molecule has 3 aromatic rings. The predicted octanol–water partition coefficient (Wildman–Crippen LogP) is 2.96. The zero-order valence-corrected chi connectivity index (χ0v) is 15.7. The van der Waals surface area contributed by atoms with Gasteiger partial charge in [-0.1, -0.05) is 24.3 Å². The van der Waals surface area contributed by atoms with Crippen LogP contribution in [0.5, 0.6) is 0 Å². The van der Waals surface area contributed by atoms with Crippen molar-refractivity contribution in [1.29, 1.82) is 0 Å². The quantitative estimate of drug-likeness (QED) is 0.662. The second-order valence-electron chi connectivity index (χ2n) is 6.11. The van der Waals surface area contributed by atoms with E-state index in [-0.39, 0.29) is 11.7 Å². The predicted molar refractivity (Wildman–Crippen MR) is 101 cm³/mol. The summed E-state index contributed by atoms with van der Waals surface area (Å²) in [4.78, 5) is 21.0. The number of rotatable bonds is 6. The topological polar surface area (TPSA) is 59.7 Å². The van der Waals surface area contributed by atoms with Gasteiger partial charge in [0.2, 0.25) is 10.1 Å². The lowest BCUT2D eigenvalue weighted by Crippen LogP contribution is -2.31. The van der Waals surface area contributed by atoms with E-state index >= 15 is 0 Å². The van der Waals surface area contributed by atoms with Crippen molar-refractivity contribution in [2.75, 3.05) is 18.1 Å². The van der Waals surface area contributed by atoms with E-state index in [1.807, 2.05) is 6.92 Å². The highest BCUT2D eigenvalue weighted by Crippen LogP contribution is 2.26. The van der Waals surface area contributed by atoms with Gasteiger partial charge in [0.05, 0.1) is 12.6 Å². The van der Waals surface area contributed by atoms with Gasteiger partial charge in [-0.2, -0.15) is 4.52 Å². The van der Waals surface area contributed by atoms with E-state index in [0.29, 0.717) is 4.96 Å². The summed E-state index contributed by atoms with van der Waals surface area (Å²) < 4.78 is 7.23. The minimum absolute atomic E-state index is 0.113. The Bertz CT molecular complexity index is 897. The Morgan fingerprint density at radius 1 is 1.48 bits per heavy atom. The van der Waals surface area contributed by atoms with E-state index in [9.17, 15) is 4.79 Å². The molecule has 4 rings (SSSR count). The number of hydrogen-bond donors (Lipinski definition) is 0. The van der Waals surface area contributed by atoms with Crippen molar-refractivity contribution in [3.63, 3.8) is 0 Å². The Balaban J connectivity index is 1.68. The van der Waals surface area contributed by atoms with Gasteiger partial charge < -0.3 is 9.64 Å². The average Bonchev–Trinajstić information content (AvgIpc) is 3.35. The van der Waals surface area contributed by atoms with Crippen molar-refractivity contribution in [1.82, 2.24) is 14.6 Å². The maximum atomic E-state index is 12.3. The third kappa shape index (κ3) is 3.61. The third-order valence-electron chi connectivity index (χ3n) is 4.29. The molecule has 0 spiro atoms. The second kappa shape index (κ2) is 7.23. The molecule has 1 aliphatic rings. The van der Waals surface area contributed by atoms with Crippen LogP contribution in [0.1, 0.15) is 30.3 Å². The number of ether oxygens (including phenoxy) is 1. The van der Waals surface area contributed by atoms with Crippen LogP contribution < -0.4 is 10.5 Å². The minimum atomic E-state index is -0.113. The Morgan fingerprint density at radius 3 is 3.12 bits per heavy atom. The lowest BCUT2D eigenvalue weighted by molar-refractivity contribution is 0.115. The summed E-state index contributed by atoms with van der Waals surface area (Å²) in [6.45, 7) is 4.39. The first-order chi connectivity index (χ1) is 12.2. The summed E-state index contributed by atoms with van der Waals surface area (Å²) >= 11 is 3.20. The van der Waals surface area contributed by atoms with Gasteiger partial charge in [0.1, 0.15) is 0 Å². The van der Waals surface area contributed by atoms with Crippen LogP contribution >= 0.6 is 22.7 Å². The molecular weight excluding hydrogens is 356 g/mol. The molecule has 3 aromatic heterocycles. The number of anilines is 1. The summed E-state index contributed by atoms with van der Waals surface area (Å²) in [7, 11) is 0. The number of aryl methyl sites for hydroxylation is 1. The van der Waals surface area contributed by atoms with Gasteiger partial charge in [-0.05, 0) is 30.7 Å². The number of hydrogen-bond acceptors (Lipinski definition) is 7. The molecule has 25 heavy (non-hydrogen) atoms. The maximum Gasteiger partial charge on any atom is 0.275 e. The highest BCUT2D eigenvalue weighted by atomic mass is 32.1. The van der Waals surface area contributed by atoms with Crippen molar-refractivity contribution in [3.05, 3.63) is 44.5 Å². The van der Waals surface area contributed by atoms with E-state index in [1.165, 1.54) is 20.7 Å². The van der Waals surface area contributed by atoms with Crippen molar-refractivity contribution < 1.29 is 4.74 Å². The molecule has 1 unspecified atom stereocenters. The van der Waals surface area contributed by atoms with Crippen LogP contribution in [0.3, 0.4) is 0 Å². The van der Waals surface area contributed by atoms with Gasteiger partial charge in [0, 0.05) is 29.8 Å².